The molecule has 2 N–H and O–H groups in total. The number of hydrogen-bond acceptors (Lipinski definition) is 4. The minimum absolute atomic E-state index is 0. The van der Waals surface area contributed by atoms with Crippen LogP contribution in [0, 0.1) is 0 Å². The average Bonchev–Trinajstić information content (AvgIpc) is 3.68. The Labute approximate surface area is 350 Å². The summed E-state index contributed by atoms with van der Waals surface area (Å²) in [5.41, 5.74) is 9.81. The van der Waals surface area contributed by atoms with Gasteiger partial charge in [-0.3, -0.25) is 0 Å². The fourth-order valence-electron chi connectivity index (χ4n) is 8.47. The molecule has 0 bridgehead atoms. The van der Waals surface area contributed by atoms with E-state index in [0.29, 0.717) is 16.9 Å². The van der Waals surface area contributed by atoms with E-state index in [-0.39, 0.29) is 49.2 Å². The Kier molecular flexibility index (Phi) is 9.09. The number of benzene rings is 8. The van der Waals surface area contributed by atoms with Gasteiger partial charge in [0.1, 0.15) is 5.52 Å². The third kappa shape index (κ3) is 5.69. The van der Waals surface area contributed by atoms with Gasteiger partial charge in [-0.15, -0.1) is 0 Å². The van der Waals surface area contributed by atoms with Crippen molar-refractivity contribution in [2.24, 2.45) is 0 Å². The van der Waals surface area contributed by atoms with Gasteiger partial charge in [-0.2, -0.15) is 0 Å². The second-order valence-corrected chi connectivity index (χ2v) is 13.9. The monoisotopic (exact) mass is 721 g/mol. The van der Waals surface area contributed by atoms with Crippen LogP contribution >= 0.6 is 0 Å². The average molecular weight is 722 g/mol. The van der Waals surface area contributed by atoms with Crippen LogP contribution in [-0.4, -0.2) is 4.98 Å². The number of rotatable bonds is 4. The minimum atomic E-state index is -0.0570. The molecule has 3 heterocycles. The van der Waals surface area contributed by atoms with Crippen molar-refractivity contribution in [3.63, 3.8) is 0 Å². The molecule has 0 radical (unpaired) electrons. The van der Waals surface area contributed by atoms with Gasteiger partial charge in [0.2, 0.25) is 16.9 Å². The largest absolute Gasteiger partial charge is 1.00 e. The maximum atomic E-state index is 13.2. The van der Waals surface area contributed by atoms with Gasteiger partial charge in [-0.05, 0) is 114 Å². The molecule has 3 aromatic heterocycles. The molecule has 0 aliphatic rings. The number of aromatic nitrogens is 3. The van der Waals surface area contributed by atoms with E-state index < -0.39 is 0 Å². The van der Waals surface area contributed by atoms with E-state index in [4.69, 9.17) is 9.40 Å². The standard InChI is InChI=1S/C49H29N3O3.2Li/c53-41-24-22-35(37-12-6-26-50-47(37)41)44-33-8-1-2-9-34(33)45(36-23-25-42(54)48-38(36)13-7-27-51-48)46-32-11-5-10-30(31(32)20-21-39(44)46)28-16-18-29(19-17-28)49-52-40-14-3-4-15-43(40)55-49;;/h1-27,53-54H;;/q;2*+1. The fourth-order valence-corrected chi connectivity index (χ4v) is 8.47. The number of nitrogens with zero attached hydrogens (tertiary/aromatic N) is 1. The number of fused-ring (bicyclic) bond motifs is 7. The van der Waals surface area contributed by atoms with Gasteiger partial charge in [0.15, 0.2) is 18.0 Å². The van der Waals surface area contributed by atoms with Gasteiger partial charge in [-0.25, -0.2) is 15.0 Å². The van der Waals surface area contributed by atoms with Crippen LogP contribution in [0.5, 0.6) is 11.5 Å². The molecule has 6 nitrogen and oxygen atoms in total. The molecular weight excluding hydrogens is 692 g/mol. The van der Waals surface area contributed by atoms with Gasteiger partial charge in [0, 0.05) is 17.7 Å². The number of para-hydroxylation sites is 2. The Morgan fingerprint density at radius 2 is 0.982 bits per heavy atom. The first-order valence-electron chi connectivity index (χ1n) is 18.2. The molecular formula is C49H29Li2N3O3+2. The Morgan fingerprint density at radius 1 is 0.421 bits per heavy atom. The number of hydrogen-bond donors (Lipinski definition) is 0. The Balaban J connectivity index is 0.00000211. The summed E-state index contributed by atoms with van der Waals surface area (Å²) in [7, 11) is 0. The normalized spacial score (nSPS) is 11.4. The van der Waals surface area contributed by atoms with E-state index >= 15 is 0 Å². The molecule has 0 amide bonds. The number of oxazole rings is 1. The van der Waals surface area contributed by atoms with E-state index in [2.05, 4.69) is 88.8 Å². The molecule has 57 heavy (non-hydrogen) atoms. The first-order valence-corrected chi connectivity index (χ1v) is 18.2. The van der Waals surface area contributed by atoms with Crippen molar-refractivity contribution in [2.75, 3.05) is 0 Å². The molecule has 11 rings (SSSR count). The Bertz CT molecular complexity index is 3330. The van der Waals surface area contributed by atoms with Gasteiger partial charge < -0.3 is 14.6 Å². The molecule has 11 aromatic rings. The number of aromatic amines is 2. The topological polar surface area (TPSA) is 100 Å². The van der Waals surface area contributed by atoms with Gasteiger partial charge in [0.05, 0.1) is 10.8 Å². The molecule has 0 aliphatic heterocycles. The summed E-state index contributed by atoms with van der Waals surface area (Å²) >= 11 is 0. The molecule has 0 unspecified atom stereocenters. The van der Waals surface area contributed by atoms with Crippen molar-refractivity contribution in [1.29, 1.82) is 0 Å². The van der Waals surface area contributed by atoms with Crippen molar-refractivity contribution in [1.82, 2.24) is 4.98 Å². The molecule has 8 heteroatoms. The van der Waals surface area contributed by atoms with Crippen molar-refractivity contribution in [3.8, 4) is 56.3 Å². The third-order valence-electron chi connectivity index (χ3n) is 10.9. The van der Waals surface area contributed by atoms with Crippen LogP contribution in [0.25, 0.3) is 110 Å². The first-order chi connectivity index (χ1) is 27.1. The number of H-pyrrole nitrogens is 2. The Morgan fingerprint density at radius 3 is 1.67 bits per heavy atom. The van der Waals surface area contributed by atoms with Crippen LogP contribution in [0.3, 0.4) is 0 Å². The summed E-state index contributed by atoms with van der Waals surface area (Å²) in [6, 6.07) is 50.7. The molecule has 0 saturated heterocycles. The quantitative estimate of drug-likeness (QED) is 0.156. The van der Waals surface area contributed by atoms with Crippen molar-refractivity contribution >= 4 is 65.2 Å². The zero-order valence-corrected chi connectivity index (χ0v) is 31.3. The maximum Gasteiger partial charge on any atom is 1.00 e. The maximum absolute atomic E-state index is 13.2. The summed E-state index contributed by atoms with van der Waals surface area (Å²) in [5.74, 6) is 0.477. The molecule has 8 aromatic carbocycles. The number of nitrogens with one attached hydrogen (secondary N) is 2. The van der Waals surface area contributed by atoms with Crippen LogP contribution in [0.4, 0.5) is 0 Å². The zero-order chi connectivity index (χ0) is 36.6. The van der Waals surface area contributed by atoms with E-state index in [1.807, 2.05) is 60.7 Å². The molecule has 0 aliphatic carbocycles. The summed E-state index contributed by atoms with van der Waals surface area (Å²) in [6.07, 6.45) is 3.59. The van der Waals surface area contributed by atoms with E-state index in [9.17, 15) is 10.2 Å². The smallest absolute Gasteiger partial charge is 0.868 e. The molecule has 258 valence electrons. The van der Waals surface area contributed by atoms with E-state index in [1.54, 1.807) is 24.5 Å². The van der Waals surface area contributed by atoms with E-state index in [0.717, 1.165) is 93.1 Å². The van der Waals surface area contributed by atoms with Crippen LogP contribution in [-0.2, 0) is 0 Å². The first kappa shape index (κ1) is 36.3. The molecule has 0 fully saturated rings. The molecule has 0 atom stereocenters. The summed E-state index contributed by atoms with van der Waals surface area (Å²) < 4.78 is 6.08. The molecule has 0 saturated carbocycles. The second-order valence-electron chi connectivity index (χ2n) is 13.9. The summed E-state index contributed by atoms with van der Waals surface area (Å²) in [4.78, 5) is 11.1. The number of pyridine rings is 2. The van der Waals surface area contributed by atoms with Crippen molar-refractivity contribution < 1.29 is 62.3 Å². The summed E-state index contributed by atoms with van der Waals surface area (Å²) in [5, 5.41) is 34.4. The van der Waals surface area contributed by atoms with Crippen LogP contribution in [0.2, 0.25) is 0 Å². The summed E-state index contributed by atoms with van der Waals surface area (Å²) in [6.45, 7) is 0. The second kappa shape index (κ2) is 14.3. The van der Waals surface area contributed by atoms with Gasteiger partial charge in [-0.1, -0.05) is 103 Å². The van der Waals surface area contributed by atoms with Crippen LogP contribution in [0.1, 0.15) is 0 Å². The predicted molar refractivity (Wildman–Crippen MR) is 215 cm³/mol. The minimum Gasteiger partial charge on any atom is -0.868 e. The van der Waals surface area contributed by atoms with Crippen molar-refractivity contribution in [2.45, 2.75) is 0 Å². The van der Waals surface area contributed by atoms with Crippen LogP contribution in [0.15, 0.2) is 168 Å². The molecule has 0 spiro atoms. The predicted octanol–water partition coefficient (Wildman–Crippen LogP) is 4.05. The zero-order valence-electron chi connectivity index (χ0n) is 31.3. The third-order valence-corrected chi connectivity index (χ3v) is 10.9. The van der Waals surface area contributed by atoms with E-state index in [1.165, 1.54) is 0 Å². The van der Waals surface area contributed by atoms with Gasteiger partial charge >= 0.3 is 37.7 Å². The fraction of sp³-hybridized carbons (Fsp3) is 0. The Hall–Kier alpha value is -6.38. The van der Waals surface area contributed by atoms with Crippen molar-refractivity contribution in [3.05, 3.63) is 164 Å². The van der Waals surface area contributed by atoms with Crippen LogP contribution < -0.4 is 57.9 Å². The van der Waals surface area contributed by atoms with Gasteiger partial charge in [0.25, 0.3) is 0 Å². The SMILES string of the molecule is [Li+].[Li+].[O-]c1ccc(-c2c3ccccc3c(-c3ccc([O-])c4[nH+]cccc34)c3c2ccc2c(-c4ccc(-c5nc6ccccc6o5)cc4)cccc23)c2ccc[nH+]c12.